The zero-order chi connectivity index (χ0) is 12.5. The average molecular weight is 251 g/mol. The molecule has 1 aromatic heterocycles. The summed E-state index contributed by atoms with van der Waals surface area (Å²) in [5, 5.41) is 9.10. The zero-order valence-corrected chi connectivity index (χ0v) is 10.2. The molecular weight excluding hydrogens is 238 g/mol. The van der Waals surface area contributed by atoms with E-state index >= 15 is 0 Å². The van der Waals surface area contributed by atoms with Crippen molar-refractivity contribution in [1.82, 2.24) is 9.78 Å². The Labute approximate surface area is 99.9 Å². The number of nitrogens with zero attached hydrogens (tertiary/aromatic N) is 2. The lowest BCUT2D eigenvalue weighted by Crippen LogP contribution is -2.15. The van der Waals surface area contributed by atoms with Gasteiger partial charge in [0.15, 0.2) is 5.03 Å². The largest absolute Gasteiger partial charge is 0.257 e. The van der Waals surface area contributed by atoms with Crippen LogP contribution in [-0.2, 0) is 16.4 Å². The first-order valence-corrected chi connectivity index (χ1v) is 6.73. The summed E-state index contributed by atoms with van der Waals surface area (Å²) in [4.78, 5) is 0. The smallest absolute Gasteiger partial charge is 0.239 e. The van der Waals surface area contributed by atoms with Gasteiger partial charge < -0.3 is 0 Å². The van der Waals surface area contributed by atoms with Gasteiger partial charge in [0.05, 0.1) is 5.69 Å². The van der Waals surface area contributed by atoms with Crippen molar-refractivity contribution < 1.29 is 8.42 Å². The maximum atomic E-state index is 11.4. The molecule has 2 rings (SSSR count). The molecule has 0 bridgehead atoms. The molecule has 1 heterocycles. The normalized spacial score (nSPS) is 11.6. The summed E-state index contributed by atoms with van der Waals surface area (Å²) in [6.45, 7) is 1.86. The highest BCUT2D eigenvalue weighted by atomic mass is 32.2. The van der Waals surface area contributed by atoms with Crippen molar-refractivity contribution in [2.24, 2.45) is 5.14 Å². The van der Waals surface area contributed by atoms with E-state index < -0.39 is 10.0 Å². The van der Waals surface area contributed by atoms with Gasteiger partial charge in [-0.25, -0.2) is 18.2 Å². The van der Waals surface area contributed by atoms with Gasteiger partial charge in [0.1, 0.15) is 0 Å². The van der Waals surface area contributed by atoms with Crippen LogP contribution in [0.4, 0.5) is 0 Å². The van der Waals surface area contributed by atoms with E-state index in [0.29, 0.717) is 12.0 Å². The lowest BCUT2D eigenvalue weighted by atomic mass is 10.3. The third-order valence-corrected chi connectivity index (χ3v) is 3.31. The summed E-state index contributed by atoms with van der Waals surface area (Å²) in [6, 6.07) is 9.30. The van der Waals surface area contributed by atoms with Gasteiger partial charge >= 0.3 is 0 Å². The Kier molecular flexibility index (Phi) is 2.99. The second kappa shape index (κ2) is 4.31. The molecular formula is C11H13N3O2S. The standard InChI is InChI=1S/C11H13N3O2S/c1-2-9-8-14(10-6-4-3-5-7-10)13-11(9)17(12,15)16/h3-8H,2H2,1H3,(H2,12,15,16). The van der Waals surface area contributed by atoms with Crippen LogP contribution < -0.4 is 5.14 Å². The van der Waals surface area contributed by atoms with Crippen LogP contribution in [0.1, 0.15) is 12.5 Å². The second-order valence-electron chi connectivity index (χ2n) is 3.64. The van der Waals surface area contributed by atoms with Crippen molar-refractivity contribution in [3.8, 4) is 5.69 Å². The Morgan fingerprint density at radius 3 is 2.41 bits per heavy atom. The van der Waals surface area contributed by atoms with E-state index in [9.17, 15) is 8.42 Å². The lowest BCUT2D eigenvalue weighted by Gasteiger charge is -1.98. The molecule has 5 nitrogen and oxygen atoms in total. The number of primary sulfonamides is 1. The van der Waals surface area contributed by atoms with Gasteiger partial charge in [-0.1, -0.05) is 25.1 Å². The highest BCUT2D eigenvalue weighted by Gasteiger charge is 2.18. The number of rotatable bonds is 3. The van der Waals surface area contributed by atoms with Crippen molar-refractivity contribution in [3.05, 3.63) is 42.1 Å². The molecule has 90 valence electrons. The Morgan fingerprint density at radius 2 is 1.94 bits per heavy atom. The molecule has 2 N–H and O–H groups in total. The quantitative estimate of drug-likeness (QED) is 0.886. The van der Waals surface area contributed by atoms with Crippen LogP contribution in [0.25, 0.3) is 5.69 Å². The second-order valence-corrected chi connectivity index (χ2v) is 5.11. The molecule has 0 fully saturated rings. The summed E-state index contributed by atoms with van der Waals surface area (Å²) >= 11 is 0. The van der Waals surface area contributed by atoms with Crippen LogP contribution in [0.2, 0.25) is 0 Å². The molecule has 1 aromatic carbocycles. The number of hydrogen-bond donors (Lipinski definition) is 1. The molecule has 17 heavy (non-hydrogen) atoms. The molecule has 0 radical (unpaired) electrons. The topological polar surface area (TPSA) is 78.0 Å². The summed E-state index contributed by atoms with van der Waals surface area (Å²) in [5.74, 6) is 0. The summed E-state index contributed by atoms with van der Waals surface area (Å²) in [7, 11) is -3.76. The van der Waals surface area contributed by atoms with Gasteiger partial charge in [-0.2, -0.15) is 5.10 Å². The number of benzene rings is 1. The number of para-hydroxylation sites is 1. The summed E-state index contributed by atoms with van der Waals surface area (Å²) in [5.41, 5.74) is 1.42. The molecule has 0 saturated carbocycles. The molecule has 0 saturated heterocycles. The van der Waals surface area contributed by atoms with Gasteiger partial charge in [-0.15, -0.1) is 0 Å². The molecule has 0 atom stereocenters. The minimum absolute atomic E-state index is 0.0520. The predicted octanol–water partition coefficient (Wildman–Crippen LogP) is 1.08. The average Bonchev–Trinajstić information content (AvgIpc) is 2.74. The first kappa shape index (κ1) is 11.8. The number of aryl methyl sites for hydroxylation is 1. The van der Waals surface area contributed by atoms with Gasteiger partial charge in [-0.3, -0.25) is 0 Å². The molecule has 0 aliphatic carbocycles. The Balaban J connectivity index is 2.57. The predicted molar refractivity (Wildman–Crippen MR) is 64.3 cm³/mol. The Bertz CT molecular complexity index is 617. The van der Waals surface area contributed by atoms with E-state index in [1.807, 2.05) is 37.3 Å². The van der Waals surface area contributed by atoms with E-state index in [1.54, 1.807) is 6.20 Å². The number of sulfonamides is 1. The van der Waals surface area contributed by atoms with Crippen molar-refractivity contribution >= 4 is 10.0 Å². The van der Waals surface area contributed by atoms with Gasteiger partial charge in [0.2, 0.25) is 0 Å². The first-order valence-electron chi connectivity index (χ1n) is 5.19. The van der Waals surface area contributed by atoms with E-state index in [1.165, 1.54) is 4.68 Å². The Hall–Kier alpha value is -1.66. The maximum absolute atomic E-state index is 11.4. The highest BCUT2D eigenvalue weighted by Crippen LogP contribution is 2.16. The number of aromatic nitrogens is 2. The fraction of sp³-hybridized carbons (Fsp3) is 0.182. The summed E-state index contributed by atoms with van der Waals surface area (Å²) in [6.07, 6.45) is 2.26. The fourth-order valence-corrected chi connectivity index (χ4v) is 2.35. The SMILES string of the molecule is CCc1cn(-c2ccccc2)nc1S(N)(=O)=O. The van der Waals surface area contributed by atoms with Crippen LogP contribution in [0, 0.1) is 0 Å². The molecule has 0 aliphatic rings. The van der Waals surface area contributed by atoms with E-state index in [-0.39, 0.29) is 5.03 Å². The van der Waals surface area contributed by atoms with Crippen molar-refractivity contribution in [3.63, 3.8) is 0 Å². The molecule has 0 amide bonds. The van der Waals surface area contributed by atoms with Crippen LogP contribution in [0.15, 0.2) is 41.6 Å². The summed E-state index contributed by atoms with van der Waals surface area (Å²) < 4.78 is 24.2. The van der Waals surface area contributed by atoms with Crippen molar-refractivity contribution in [1.29, 1.82) is 0 Å². The number of nitrogens with two attached hydrogens (primary N) is 1. The monoisotopic (exact) mass is 251 g/mol. The van der Waals surface area contributed by atoms with Gasteiger partial charge in [-0.05, 0) is 18.6 Å². The molecule has 0 spiro atoms. The highest BCUT2D eigenvalue weighted by molar-refractivity contribution is 7.89. The van der Waals surface area contributed by atoms with E-state index in [4.69, 9.17) is 5.14 Å². The minimum Gasteiger partial charge on any atom is -0.239 e. The zero-order valence-electron chi connectivity index (χ0n) is 9.37. The van der Waals surface area contributed by atoms with E-state index in [2.05, 4.69) is 5.10 Å². The third-order valence-electron chi connectivity index (χ3n) is 2.42. The van der Waals surface area contributed by atoms with Crippen LogP contribution in [0.3, 0.4) is 0 Å². The number of hydrogen-bond acceptors (Lipinski definition) is 3. The molecule has 0 unspecified atom stereocenters. The lowest BCUT2D eigenvalue weighted by molar-refractivity contribution is 0.591. The van der Waals surface area contributed by atoms with Crippen LogP contribution in [0.5, 0.6) is 0 Å². The Morgan fingerprint density at radius 1 is 1.29 bits per heavy atom. The molecule has 2 aromatic rings. The molecule has 0 aliphatic heterocycles. The van der Waals surface area contributed by atoms with Crippen molar-refractivity contribution in [2.75, 3.05) is 0 Å². The maximum Gasteiger partial charge on any atom is 0.257 e. The van der Waals surface area contributed by atoms with Gasteiger partial charge in [0.25, 0.3) is 10.0 Å². The van der Waals surface area contributed by atoms with Crippen molar-refractivity contribution in [2.45, 2.75) is 18.4 Å². The fourth-order valence-electron chi connectivity index (χ4n) is 1.59. The van der Waals surface area contributed by atoms with Gasteiger partial charge in [0, 0.05) is 11.8 Å². The molecule has 6 heteroatoms. The minimum atomic E-state index is -3.76. The third kappa shape index (κ3) is 2.37. The van der Waals surface area contributed by atoms with Crippen LogP contribution >= 0.6 is 0 Å². The van der Waals surface area contributed by atoms with E-state index in [0.717, 1.165) is 5.69 Å². The first-order chi connectivity index (χ1) is 8.02. The van der Waals surface area contributed by atoms with Crippen LogP contribution in [-0.4, -0.2) is 18.2 Å².